The van der Waals surface area contributed by atoms with Crippen molar-refractivity contribution >= 4 is 5.78 Å². The lowest BCUT2D eigenvalue weighted by molar-refractivity contribution is -0.116. The number of ketones is 1. The molecule has 2 atom stereocenters. The highest BCUT2D eigenvalue weighted by molar-refractivity contribution is 6.00. The summed E-state index contributed by atoms with van der Waals surface area (Å²) in [4.78, 5) is 13.2. The molecule has 0 bridgehead atoms. The van der Waals surface area contributed by atoms with Gasteiger partial charge in [0.15, 0.2) is 5.78 Å². The van der Waals surface area contributed by atoms with Crippen LogP contribution in [0.15, 0.2) is 77.1 Å². The van der Waals surface area contributed by atoms with Crippen LogP contribution in [0.5, 0.6) is 0 Å². The molecule has 27 heavy (non-hydrogen) atoms. The van der Waals surface area contributed by atoms with Crippen molar-refractivity contribution in [1.29, 1.82) is 5.26 Å². The Hall–Kier alpha value is -3.12. The van der Waals surface area contributed by atoms with Crippen LogP contribution in [0.1, 0.15) is 48.3 Å². The van der Waals surface area contributed by atoms with Gasteiger partial charge in [-0.15, -0.1) is 0 Å². The van der Waals surface area contributed by atoms with Crippen molar-refractivity contribution < 1.29 is 4.79 Å². The minimum Gasteiger partial charge on any atom is -0.361 e. The van der Waals surface area contributed by atoms with Crippen LogP contribution in [0.3, 0.4) is 0 Å². The van der Waals surface area contributed by atoms with Crippen LogP contribution >= 0.6 is 0 Å². The van der Waals surface area contributed by atoms with Gasteiger partial charge in [0.2, 0.25) is 0 Å². The van der Waals surface area contributed by atoms with Crippen LogP contribution in [-0.4, -0.2) is 5.78 Å². The highest BCUT2D eigenvalue weighted by Crippen LogP contribution is 2.45. The number of nitriles is 1. The second kappa shape index (κ2) is 6.89. The minimum absolute atomic E-state index is 0.142. The highest BCUT2D eigenvalue weighted by Gasteiger charge is 2.38. The number of nitrogens with one attached hydrogen (secondary N) is 1. The van der Waals surface area contributed by atoms with E-state index in [9.17, 15) is 10.1 Å². The van der Waals surface area contributed by atoms with E-state index in [1.165, 1.54) is 11.1 Å². The molecule has 2 aliphatic rings. The lowest BCUT2D eigenvalue weighted by Crippen LogP contribution is -2.33. The Kier molecular flexibility index (Phi) is 4.41. The fourth-order valence-corrected chi connectivity index (χ4v) is 4.24. The summed E-state index contributed by atoms with van der Waals surface area (Å²) in [6.45, 7) is 3.97. The Morgan fingerprint density at radius 1 is 0.963 bits per heavy atom. The number of benzene rings is 2. The van der Waals surface area contributed by atoms with E-state index < -0.39 is 0 Å². The Labute approximate surface area is 160 Å². The maximum Gasteiger partial charge on any atom is 0.162 e. The number of carbonyl (C=O) groups excluding carboxylic acids is 1. The number of hydrogen-bond donors (Lipinski definition) is 1. The first-order valence-corrected chi connectivity index (χ1v) is 9.34. The molecule has 0 fully saturated rings. The maximum atomic E-state index is 13.2. The first kappa shape index (κ1) is 17.3. The summed E-state index contributed by atoms with van der Waals surface area (Å²) in [5.74, 6) is 0.0551. The zero-order chi connectivity index (χ0) is 19.0. The maximum absolute atomic E-state index is 13.2. The van der Waals surface area contributed by atoms with Gasteiger partial charge in [-0.1, -0.05) is 60.2 Å². The molecule has 1 aliphatic heterocycles. The quantitative estimate of drug-likeness (QED) is 0.836. The van der Waals surface area contributed by atoms with Gasteiger partial charge >= 0.3 is 0 Å². The summed E-state index contributed by atoms with van der Waals surface area (Å²) in [6, 6.07) is 20.7. The van der Waals surface area contributed by atoms with Gasteiger partial charge in [0.1, 0.15) is 0 Å². The number of dihydropyridines is 1. The molecule has 0 saturated carbocycles. The molecule has 0 unspecified atom stereocenters. The molecule has 1 N–H and O–H groups in total. The normalized spacial score (nSPS) is 22.2. The fraction of sp³-hybridized carbons (Fsp3) is 0.250. The summed E-state index contributed by atoms with van der Waals surface area (Å²) >= 11 is 0. The second-order valence-corrected chi connectivity index (χ2v) is 7.45. The van der Waals surface area contributed by atoms with Gasteiger partial charge in [0.25, 0.3) is 0 Å². The van der Waals surface area contributed by atoms with Crippen molar-refractivity contribution in [2.24, 2.45) is 0 Å². The van der Waals surface area contributed by atoms with Gasteiger partial charge < -0.3 is 5.32 Å². The number of carbonyl (C=O) groups is 1. The molecule has 1 heterocycles. The molecular weight excluding hydrogens is 332 g/mol. The van der Waals surface area contributed by atoms with Gasteiger partial charge in [0, 0.05) is 23.4 Å². The Morgan fingerprint density at radius 2 is 1.67 bits per heavy atom. The van der Waals surface area contributed by atoms with E-state index in [2.05, 4.69) is 23.5 Å². The first-order valence-electron chi connectivity index (χ1n) is 9.34. The first-order chi connectivity index (χ1) is 13.1. The van der Waals surface area contributed by atoms with Crippen molar-refractivity contribution in [1.82, 2.24) is 5.32 Å². The van der Waals surface area contributed by atoms with E-state index in [-0.39, 0.29) is 17.6 Å². The van der Waals surface area contributed by atoms with Crippen LogP contribution in [0.25, 0.3) is 0 Å². The zero-order valence-corrected chi connectivity index (χ0v) is 15.6. The molecule has 0 aromatic heterocycles. The van der Waals surface area contributed by atoms with Crippen molar-refractivity contribution in [3.8, 4) is 6.07 Å². The summed E-state index contributed by atoms with van der Waals surface area (Å²) in [7, 11) is 0. The van der Waals surface area contributed by atoms with Gasteiger partial charge in [-0.3, -0.25) is 4.79 Å². The molecule has 3 heteroatoms. The summed E-state index contributed by atoms with van der Waals surface area (Å²) < 4.78 is 0. The summed E-state index contributed by atoms with van der Waals surface area (Å²) in [5.41, 5.74) is 6.61. The van der Waals surface area contributed by atoms with E-state index in [1.54, 1.807) is 0 Å². The Morgan fingerprint density at radius 3 is 2.33 bits per heavy atom. The van der Waals surface area contributed by atoms with Crippen LogP contribution in [-0.2, 0) is 4.79 Å². The van der Waals surface area contributed by atoms with Crippen LogP contribution in [0.4, 0.5) is 0 Å². The predicted octanol–water partition coefficient (Wildman–Crippen LogP) is 4.88. The molecule has 2 aromatic rings. The van der Waals surface area contributed by atoms with Crippen LogP contribution < -0.4 is 5.32 Å². The molecule has 0 amide bonds. The van der Waals surface area contributed by atoms with Gasteiger partial charge in [-0.05, 0) is 37.3 Å². The Balaban J connectivity index is 1.79. The molecule has 4 rings (SSSR count). The Bertz CT molecular complexity index is 991. The summed E-state index contributed by atoms with van der Waals surface area (Å²) in [6.07, 6.45) is 1.29. The van der Waals surface area contributed by atoms with Gasteiger partial charge in [-0.25, -0.2) is 0 Å². The molecule has 2 aromatic carbocycles. The monoisotopic (exact) mass is 354 g/mol. The lowest BCUT2D eigenvalue weighted by Gasteiger charge is -2.35. The largest absolute Gasteiger partial charge is 0.361 e. The van der Waals surface area contributed by atoms with Crippen LogP contribution in [0, 0.1) is 18.3 Å². The van der Waals surface area contributed by atoms with E-state index in [1.807, 2.05) is 56.3 Å². The number of aryl methyl sites for hydroxylation is 1. The molecule has 1 aliphatic carbocycles. The molecule has 134 valence electrons. The molecular formula is C24H22N2O. The third-order valence-corrected chi connectivity index (χ3v) is 5.63. The van der Waals surface area contributed by atoms with Crippen molar-refractivity contribution in [2.45, 2.75) is 38.5 Å². The number of Topliss-reactive ketones (excluding diaryl/α,β-unsaturated/α-hetero) is 1. The van der Waals surface area contributed by atoms with Crippen molar-refractivity contribution in [2.75, 3.05) is 0 Å². The third kappa shape index (κ3) is 3.08. The number of hydrogen-bond acceptors (Lipinski definition) is 3. The van der Waals surface area contributed by atoms with E-state index in [4.69, 9.17) is 0 Å². The third-order valence-electron chi connectivity index (χ3n) is 5.63. The van der Waals surface area contributed by atoms with E-state index in [0.717, 1.165) is 29.0 Å². The topological polar surface area (TPSA) is 52.9 Å². The fourth-order valence-electron chi connectivity index (χ4n) is 4.24. The predicted molar refractivity (Wildman–Crippen MR) is 106 cm³/mol. The summed E-state index contributed by atoms with van der Waals surface area (Å²) in [5, 5.41) is 13.1. The molecule has 0 saturated heterocycles. The number of rotatable bonds is 2. The van der Waals surface area contributed by atoms with Crippen molar-refractivity contribution in [3.63, 3.8) is 0 Å². The minimum atomic E-state index is -0.268. The molecule has 0 radical (unpaired) electrons. The highest BCUT2D eigenvalue weighted by atomic mass is 16.1. The smallest absolute Gasteiger partial charge is 0.162 e. The number of allylic oxidation sites excluding steroid dienone is 4. The average molecular weight is 354 g/mol. The molecule has 0 spiro atoms. The van der Waals surface area contributed by atoms with E-state index >= 15 is 0 Å². The SMILES string of the molecule is CC1=C(C#N)[C@H](c2ccc(C)cc2)C2=C(C[C@H](c3ccccc3)CC2=O)N1. The lowest BCUT2D eigenvalue weighted by atomic mass is 9.72. The molecule has 3 nitrogen and oxygen atoms in total. The van der Waals surface area contributed by atoms with E-state index in [0.29, 0.717) is 12.0 Å². The number of nitrogens with zero attached hydrogens (tertiary/aromatic N) is 1. The van der Waals surface area contributed by atoms with Gasteiger partial charge in [-0.2, -0.15) is 5.26 Å². The standard InChI is InChI=1S/C24H22N2O/c1-15-8-10-18(11-9-15)23-20(14-25)16(2)26-21-12-19(13-22(27)24(21)23)17-6-4-3-5-7-17/h3-11,19,23,26H,12-13H2,1-2H3/t19-,23-/m0/s1. The van der Waals surface area contributed by atoms with Crippen LogP contribution in [0.2, 0.25) is 0 Å². The second-order valence-electron chi connectivity index (χ2n) is 7.45. The zero-order valence-electron chi connectivity index (χ0n) is 15.6. The van der Waals surface area contributed by atoms with Gasteiger partial charge in [0.05, 0.1) is 17.6 Å². The average Bonchev–Trinajstić information content (AvgIpc) is 2.68. The van der Waals surface area contributed by atoms with Crippen molar-refractivity contribution in [3.05, 3.63) is 93.8 Å².